The molecule has 1 fully saturated rings. The smallest absolute Gasteiger partial charge is 0.279 e. The van der Waals surface area contributed by atoms with E-state index in [0.717, 1.165) is 63.7 Å². The van der Waals surface area contributed by atoms with E-state index in [9.17, 15) is 14.7 Å². The fraction of sp³-hybridized carbons (Fsp3) is 0.333. The second-order valence-corrected chi connectivity index (χ2v) is 11.3. The number of rotatable bonds is 8. The lowest BCUT2D eigenvalue weighted by Gasteiger charge is -2.29. The van der Waals surface area contributed by atoms with Crippen molar-refractivity contribution < 1.29 is 14.6 Å². The first kappa shape index (κ1) is 30.4. The summed E-state index contributed by atoms with van der Waals surface area (Å²) in [6, 6.07) is 14.8. The number of aryl methyl sites for hydroxylation is 2. The zero-order valence-electron chi connectivity index (χ0n) is 24.8. The van der Waals surface area contributed by atoms with E-state index in [1.54, 1.807) is 13.2 Å². The maximum Gasteiger partial charge on any atom is 0.279 e. The fourth-order valence-electron chi connectivity index (χ4n) is 5.64. The van der Waals surface area contributed by atoms with Crippen LogP contribution in [0.15, 0.2) is 59.5 Å². The van der Waals surface area contributed by atoms with Gasteiger partial charge in [-0.05, 0) is 61.6 Å². The van der Waals surface area contributed by atoms with Gasteiger partial charge in [0.1, 0.15) is 5.56 Å². The molecule has 2 unspecified atom stereocenters. The number of methoxy groups -OCH3 is 1. The van der Waals surface area contributed by atoms with Gasteiger partial charge in [0.2, 0.25) is 5.88 Å². The zero-order valence-corrected chi connectivity index (χ0v) is 25.5. The summed E-state index contributed by atoms with van der Waals surface area (Å²) in [5.74, 6) is -0.000132. The van der Waals surface area contributed by atoms with Crippen molar-refractivity contribution in [3.05, 3.63) is 92.4 Å². The number of amides is 1. The quantitative estimate of drug-likeness (QED) is 0.246. The van der Waals surface area contributed by atoms with E-state index < -0.39 is 11.5 Å². The monoisotopic (exact) mass is 601 g/mol. The van der Waals surface area contributed by atoms with Crippen molar-refractivity contribution in [1.29, 1.82) is 0 Å². The first-order chi connectivity index (χ1) is 20.7. The average Bonchev–Trinajstić information content (AvgIpc) is 2.99. The highest BCUT2D eigenvalue weighted by molar-refractivity contribution is 6.36. The molecular weight excluding hydrogens is 566 g/mol. The minimum absolute atomic E-state index is 0.00582. The number of ether oxygens (including phenoxy) is 1. The molecule has 1 amide bonds. The van der Waals surface area contributed by atoms with Crippen LogP contribution in [-0.4, -0.2) is 45.0 Å². The minimum Gasteiger partial charge on any atom is -0.481 e. The lowest BCUT2D eigenvalue weighted by Crippen LogP contribution is -2.41. The van der Waals surface area contributed by atoms with E-state index in [4.69, 9.17) is 21.3 Å². The lowest BCUT2D eigenvalue weighted by atomic mass is 9.92. The third-order valence-electron chi connectivity index (χ3n) is 8.17. The number of nitrogens with zero attached hydrogens (tertiary/aromatic N) is 3. The number of aliphatic hydroxyl groups excluding tert-OH is 1. The molecule has 1 saturated carbocycles. The van der Waals surface area contributed by atoms with Gasteiger partial charge in [-0.3, -0.25) is 9.59 Å². The Labute approximate surface area is 255 Å². The van der Waals surface area contributed by atoms with Crippen molar-refractivity contribution in [3.63, 3.8) is 0 Å². The second kappa shape index (κ2) is 13.1. The Kier molecular flexibility index (Phi) is 9.25. The van der Waals surface area contributed by atoms with Gasteiger partial charge in [0, 0.05) is 48.2 Å². The maximum atomic E-state index is 13.0. The number of halogens is 1. The number of carbonyl (C=O) groups excluding carboxylic acids is 1. The summed E-state index contributed by atoms with van der Waals surface area (Å²) in [4.78, 5) is 30.2. The van der Waals surface area contributed by atoms with Gasteiger partial charge in [0.25, 0.3) is 11.5 Å². The minimum atomic E-state index is -0.512. The van der Waals surface area contributed by atoms with Crippen molar-refractivity contribution >= 4 is 23.2 Å². The van der Waals surface area contributed by atoms with Crippen LogP contribution in [0.3, 0.4) is 0 Å². The van der Waals surface area contributed by atoms with Crippen LogP contribution in [0.25, 0.3) is 22.4 Å². The number of aromatic nitrogens is 3. The highest BCUT2D eigenvalue weighted by Gasteiger charge is 2.24. The van der Waals surface area contributed by atoms with Gasteiger partial charge in [0.15, 0.2) is 0 Å². The van der Waals surface area contributed by atoms with E-state index in [-0.39, 0.29) is 17.7 Å². The molecule has 43 heavy (non-hydrogen) atoms. The number of nitrogens with one attached hydrogen (secondary N) is 2. The number of aliphatic hydroxyl groups is 1. The Bertz CT molecular complexity index is 1720. The molecule has 10 heteroatoms. The number of pyridine rings is 1. The van der Waals surface area contributed by atoms with Gasteiger partial charge in [-0.2, -0.15) is 5.10 Å². The van der Waals surface area contributed by atoms with Crippen LogP contribution < -0.4 is 20.9 Å². The Morgan fingerprint density at radius 1 is 1.09 bits per heavy atom. The number of anilines is 1. The van der Waals surface area contributed by atoms with Crippen LogP contribution >= 0.6 is 11.6 Å². The predicted molar refractivity (Wildman–Crippen MR) is 169 cm³/mol. The van der Waals surface area contributed by atoms with Crippen molar-refractivity contribution in [1.82, 2.24) is 20.1 Å². The van der Waals surface area contributed by atoms with Crippen LogP contribution in [-0.2, 0) is 13.6 Å². The summed E-state index contributed by atoms with van der Waals surface area (Å²) in [7, 11) is 3.10. The molecule has 1 aliphatic rings. The molecule has 224 valence electrons. The van der Waals surface area contributed by atoms with E-state index >= 15 is 0 Å². The molecular formula is C33H36ClN5O4. The van der Waals surface area contributed by atoms with Crippen LogP contribution in [0.5, 0.6) is 5.88 Å². The molecule has 2 heterocycles. The number of hydrogen-bond acceptors (Lipinski definition) is 7. The average molecular weight is 602 g/mol. The molecule has 9 nitrogen and oxygen atoms in total. The molecule has 2 atom stereocenters. The predicted octanol–water partition coefficient (Wildman–Crippen LogP) is 5.43. The van der Waals surface area contributed by atoms with Crippen molar-refractivity contribution in [3.8, 4) is 28.3 Å². The Balaban J connectivity index is 1.44. The summed E-state index contributed by atoms with van der Waals surface area (Å²) >= 11 is 7.05. The molecule has 2 aromatic carbocycles. The number of carbonyl (C=O) groups is 1. The maximum absolute atomic E-state index is 13.0. The summed E-state index contributed by atoms with van der Waals surface area (Å²) in [5.41, 5.74) is 5.89. The second-order valence-electron chi connectivity index (χ2n) is 10.9. The first-order valence-electron chi connectivity index (χ1n) is 14.4. The third-order valence-corrected chi connectivity index (χ3v) is 8.58. The molecule has 0 radical (unpaired) electrons. The number of benzene rings is 2. The van der Waals surface area contributed by atoms with Gasteiger partial charge in [-0.25, -0.2) is 9.67 Å². The Morgan fingerprint density at radius 3 is 2.58 bits per heavy atom. The van der Waals surface area contributed by atoms with Crippen LogP contribution in [0.1, 0.15) is 52.7 Å². The van der Waals surface area contributed by atoms with Gasteiger partial charge < -0.3 is 20.5 Å². The Hall–Kier alpha value is -4.05. The van der Waals surface area contributed by atoms with Crippen LogP contribution in [0, 0.1) is 13.8 Å². The zero-order chi connectivity index (χ0) is 30.7. The van der Waals surface area contributed by atoms with Gasteiger partial charge in [0.05, 0.1) is 23.9 Å². The van der Waals surface area contributed by atoms with Crippen molar-refractivity contribution in [2.24, 2.45) is 7.05 Å². The highest BCUT2D eigenvalue weighted by atomic mass is 35.5. The van der Waals surface area contributed by atoms with E-state index in [1.165, 1.54) is 19.3 Å². The van der Waals surface area contributed by atoms with Crippen LogP contribution in [0.4, 0.5) is 5.69 Å². The van der Waals surface area contributed by atoms with Gasteiger partial charge in [-0.1, -0.05) is 54.8 Å². The van der Waals surface area contributed by atoms with Crippen LogP contribution in [0.2, 0.25) is 5.02 Å². The molecule has 0 spiro atoms. The van der Waals surface area contributed by atoms with Crippen molar-refractivity contribution in [2.75, 3.05) is 12.4 Å². The van der Waals surface area contributed by atoms with Gasteiger partial charge >= 0.3 is 0 Å². The lowest BCUT2D eigenvalue weighted by molar-refractivity contribution is 0.0901. The SMILES string of the molecule is COc1nc(-c2cccc(-c3cccc(NC(=O)c4ccnn(C)c4=O)c3C)c2Cl)cc(C)c1CNC1CCCCC1O. The summed E-state index contributed by atoms with van der Waals surface area (Å²) < 4.78 is 6.83. The summed E-state index contributed by atoms with van der Waals surface area (Å²) in [6.45, 7) is 4.46. The molecule has 2 aromatic heterocycles. The molecule has 4 aromatic rings. The van der Waals surface area contributed by atoms with E-state index in [1.807, 2.05) is 50.2 Å². The summed E-state index contributed by atoms with van der Waals surface area (Å²) in [6.07, 6.45) is 5.01. The third kappa shape index (κ3) is 6.34. The van der Waals surface area contributed by atoms with E-state index in [0.29, 0.717) is 28.8 Å². The standard InChI is InChI=1S/C33H36ClN5O4/c1-19-17-28(38-32(43-4)25(19)18-35-27-12-5-6-14-29(27)40)23-11-7-10-22(30(23)34)21-9-8-13-26(20(21)2)37-31(41)24-15-16-36-39(3)33(24)42/h7-11,13,15-17,27,29,35,40H,5-6,12,14,18H2,1-4H3,(H,37,41). The summed E-state index contributed by atoms with van der Waals surface area (Å²) in [5, 5.41) is 21.1. The molecule has 5 rings (SSSR count). The molecule has 0 bridgehead atoms. The van der Waals surface area contributed by atoms with Crippen molar-refractivity contribution in [2.45, 2.75) is 58.2 Å². The Morgan fingerprint density at radius 2 is 1.81 bits per heavy atom. The van der Waals surface area contributed by atoms with E-state index in [2.05, 4.69) is 15.7 Å². The highest BCUT2D eigenvalue weighted by Crippen LogP contribution is 2.40. The first-order valence-corrected chi connectivity index (χ1v) is 14.8. The molecule has 0 aliphatic heterocycles. The molecule has 3 N–H and O–H groups in total. The number of hydrogen-bond donors (Lipinski definition) is 3. The molecule has 0 saturated heterocycles. The van der Waals surface area contributed by atoms with Gasteiger partial charge in [-0.15, -0.1) is 0 Å². The normalized spacial score (nSPS) is 16.6. The topological polar surface area (TPSA) is 118 Å². The molecule has 1 aliphatic carbocycles. The fourth-order valence-corrected chi connectivity index (χ4v) is 5.97. The largest absolute Gasteiger partial charge is 0.481 e.